The first-order chi connectivity index (χ1) is 7.91. The Morgan fingerprint density at radius 1 is 0.588 bits per heavy atom. The van der Waals surface area contributed by atoms with Crippen LogP contribution in [0.4, 0.5) is 0 Å². The van der Waals surface area contributed by atoms with Crippen LogP contribution in [0, 0.1) is 0 Å². The summed E-state index contributed by atoms with van der Waals surface area (Å²) in [7, 11) is 0. The summed E-state index contributed by atoms with van der Waals surface area (Å²) in [5, 5.41) is 3.46. The molecule has 0 aromatic heterocycles. The van der Waals surface area contributed by atoms with Gasteiger partial charge in [0, 0.05) is 0 Å². The summed E-state index contributed by atoms with van der Waals surface area (Å²) in [6.45, 7) is 6.93. The van der Waals surface area contributed by atoms with E-state index in [1.54, 1.807) is 0 Å². The van der Waals surface area contributed by atoms with E-state index in [4.69, 9.17) is 0 Å². The molecule has 0 saturated heterocycles. The van der Waals surface area contributed by atoms with Crippen LogP contribution in [-0.4, -0.2) is 13.1 Å². The van der Waals surface area contributed by atoms with Crippen LogP contribution >= 0.6 is 0 Å². The second-order valence-electron chi connectivity index (χ2n) is 4.93. The first kappa shape index (κ1) is 20.3. The molecule has 0 amide bonds. The first-order valence-electron chi connectivity index (χ1n) is 7.62. The molecule has 0 radical (unpaired) electrons. The number of hydrogen-bond acceptors (Lipinski definition) is 1. The molecule has 0 bridgehead atoms. The third-order valence-corrected chi connectivity index (χ3v) is 3.13. The Morgan fingerprint density at radius 3 is 1.53 bits per heavy atom. The molecule has 0 rings (SSSR count). The molecule has 0 heterocycles. The van der Waals surface area contributed by atoms with Crippen LogP contribution in [0.15, 0.2) is 0 Å². The van der Waals surface area contributed by atoms with Gasteiger partial charge >= 0.3 is 29.6 Å². The van der Waals surface area contributed by atoms with Crippen molar-refractivity contribution in [1.29, 1.82) is 0 Å². The van der Waals surface area contributed by atoms with E-state index in [9.17, 15) is 0 Å². The summed E-state index contributed by atoms with van der Waals surface area (Å²) >= 11 is 0. The summed E-state index contributed by atoms with van der Waals surface area (Å²) in [6, 6.07) is 0. The summed E-state index contributed by atoms with van der Waals surface area (Å²) in [6.07, 6.45) is 15.6. The van der Waals surface area contributed by atoms with E-state index < -0.39 is 0 Å². The molecule has 0 aromatic carbocycles. The minimum atomic E-state index is 0. The zero-order valence-corrected chi connectivity index (χ0v) is 14.7. The van der Waals surface area contributed by atoms with E-state index in [1.165, 1.54) is 83.7 Å². The second kappa shape index (κ2) is 19.3. The third kappa shape index (κ3) is 19.5. The molecule has 0 atom stereocenters. The maximum atomic E-state index is 3.46. The fourth-order valence-electron chi connectivity index (χ4n) is 2.04. The molecule has 0 aromatic rings. The van der Waals surface area contributed by atoms with Gasteiger partial charge in [0.15, 0.2) is 0 Å². The van der Waals surface area contributed by atoms with E-state index in [2.05, 4.69) is 19.2 Å². The molecular weight excluding hydrogens is 217 g/mol. The Bertz CT molecular complexity index is 109. The van der Waals surface area contributed by atoms with Gasteiger partial charge in [-0.15, -0.1) is 0 Å². The molecule has 0 spiro atoms. The predicted octanol–water partition coefficient (Wildman–Crippen LogP) is 2.02. The van der Waals surface area contributed by atoms with Gasteiger partial charge in [0.1, 0.15) is 0 Å². The SMILES string of the molecule is CCCCCCCCCCCCNCCC.[H-].[Na+]. The second-order valence-corrected chi connectivity index (χ2v) is 4.93. The largest absolute Gasteiger partial charge is 1.00 e. The maximum Gasteiger partial charge on any atom is 1.00 e. The fraction of sp³-hybridized carbons (Fsp3) is 1.00. The van der Waals surface area contributed by atoms with Crippen molar-refractivity contribution in [1.82, 2.24) is 5.32 Å². The van der Waals surface area contributed by atoms with Gasteiger partial charge in [-0.1, -0.05) is 71.6 Å². The van der Waals surface area contributed by atoms with Gasteiger partial charge < -0.3 is 6.74 Å². The Morgan fingerprint density at radius 2 is 1.06 bits per heavy atom. The van der Waals surface area contributed by atoms with Crippen LogP contribution < -0.4 is 34.9 Å². The quantitative estimate of drug-likeness (QED) is 0.390. The molecule has 0 fully saturated rings. The van der Waals surface area contributed by atoms with Gasteiger partial charge in [0.2, 0.25) is 0 Å². The van der Waals surface area contributed by atoms with Crippen LogP contribution in [0.3, 0.4) is 0 Å². The molecule has 0 aliphatic heterocycles. The van der Waals surface area contributed by atoms with E-state index in [1.807, 2.05) is 0 Å². The average molecular weight is 251 g/mol. The van der Waals surface area contributed by atoms with Gasteiger partial charge in [0.25, 0.3) is 0 Å². The molecule has 0 aliphatic carbocycles. The van der Waals surface area contributed by atoms with Crippen molar-refractivity contribution >= 4 is 0 Å². The Balaban J connectivity index is -0.00000112. The summed E-state index contributed by atoms with van der Waals surface area (Å²) in [5.41, 5.74) is 0. The molecular formula is C15H34NNa. The summed E-state index contributed by atoms with van der Waals surface area (Å²) in [4.78, 5) is 0. The first-order valence-corrected chi connectivity index (χ1v) is 7.62. The topological polar surface area (TPSA) is 12.0 Å². The van der Waals surface area contributed by atoms with Gasteiger partial charge in [-0.2, -0.15) is 0 Å². The van der Waals surface area contributed by atoms with Crippen LogP contribution in [0.1, 0.15) is 85.9 Å². The molecule has 17 heavy (non-hydrogen) atoms. The molecule has 1 N–H and O–H groups in total. The van der Waals surface area contributed by atoms with Gasteiger partial charge in [0.05, 0.1) is 0 Å². The van der Waals surface area contributed by atoms with Gasteiger partial charge in [-0.3, -0.25) is 0 Å². The van der Waals surface area contributed by atoms with Crippen molar-refractivity contribution in [2.45, 2.75) is 84.5 Å². The van der Waals surface area contributed by atoms with Crippen LogP contribution in [0.2, 0.25) is 0 Å². The minimum absolute atomic E-state index is 0. The van der Waals surface area contributed by atoms with Crippen LogP contribution in [-0.2, 0) is 0 Å². The molecule has 1 nitrogen and oxygen atoms in total. The smallest absolute Gasteiger partial charge is 1.00 e. The monoisotopic (exact) mass is 251 g/mol. The van der Waals surface area contributed by atoms with Crippen molar-refractivity contribution in [2.75, 3.05) is 13.1 Å². The zero-order chi connectivity index (χ0) is 11.9. The normalized spacial score (nSPS) is 10.2. The number of nitrogens with one attached hydrogen (secondary N) is 1. The average Bonchev–Trinajstić information content (AvgIpc) is 2.31. The van der Waals surface area contributed by atoms with Gasteiger partial charge in [-0.05, 0) is 25.9 Å². The summed E-state index contributed by atoms with van der Waals surface area (Å²) in [5.74, 6) is 0. The van der Waals surface area contributed by atoms with Crippen molar-refractivity contribution in [3.8, 4) is 0 Å². The van der Waals surface area contributed by atoms with Crippen molar-refractivity contribution in [3.05, 3.63) is 0 Å². The van der Waals surface area contributed by atoms with E-state index >= 15 is 0 Å². The Hall–Kier alpha value is 0.960. The molecule has 0 unspecified atom stereocenters. The Kier molecular flexibility index (Phi) is 23.0. The fourth-order valence-corrected chi connectivity index (χ4v) is 2.04. The van der Waals surface area contributed by atoms with Crippen LogP contribution in [0.25, 0.3) is 0 Å². The molecule has 2 heteroatoms. The van der Waals surface area contributed by atoms with E-state index in [-0.39, 0.29) is 31.0 Å². The molecule has 0 aliphatic rings. The third-order valence-electron chi connectivity index (χ3n) is 3.13. The van der Waals surface area contributed by atoms with Crippen molar-refractivity contribution in [2.24, 2.45) is 0 Å². The van der Waals surface area contributed by atoms with E-state index in [0.29, 0.717) is 0 Å². The van der Waals surface area contributed by atoms with Crippen LogP contribution in [0.5, 0.6) is 0 Å². The Labute approximate surface area is 133 Å². The maximum absolute atomic E-state index is 3.46. The van der Waals surface area contributed by atoms with Gasteiger partial charge in [-0.25, -0.2) is 0 Å². The van der Waals surface area contributed by atoms with Crippen molar-refractivity contribution < 1.29 is 31.0 Å². The van der Waals surface area contributed by atoms with E-state index in [0.717, 1.165) is 0 Å². The van der Waals surface area contributed by atoms with Crippen molar-refractivity contribution in [3.63, 3.8) is 0 Å². The number of hydrogen-bond donors (Lipinski definition) is 1. The number of rotatable bonds is 13. The molecule has 0 saturated carbocycles. The predicted molar refractivity (Wildman–Crippen MR) is 76.1 cm³/mol. The molecule has 100 valence electrons. The summed E-state index contributed by atoms with van der Waals surface area (Å²) < 4.78 is 0. The minimum Gasteiger partial charge on any atom is -1.00 e. The standard InChI is InChI=1S/C15H33N.Na.H/c1-3-5-6-7-8-9-10-11-12-13-15-16-14-4-2;;/h16H,3-15H2,1-2H3;;/q;+1;-1. The zero-order valence-electron chi connectivity index (χ0n) is 13.7. The number of unbranched alkanes of at least 4 members (excludes halogenated alkanes) is 9.